The van der Waals surface area contributed by atoms with Gasteiger partial charge in [0.1, 0.15) is 11.6 Å². The Bertz CT molecular complexity index is 470. The van der Waals surface area contributed by atoms with Gasteiger partial charge in [0.05, 0.1) is 6.04 Å². The number of aromatic nitrogens is 1. The predicted molar refractivity (Wildman–Crippen MR) is 64.2 cm³/mol. The van der Waals surface area contributed by atoms with Crippen LogP contribution in [0.3, 0.4) is 0 Å². The molecule has 1 aromatic heterocycles. The van der Waals surface area contributed by atoms with Gasteiger partial charge in [-0.3, -0.25) is 5.84 Å². The van der Waals surface area contributed by atoms with Crippen molar-refractivity contribution in [2.24, 2.45) is 5.84 Å². The van der Waals surface area contributed by atoms with Crippen molar-refractivity contribution in [1.82, 2.24) is 10.4 Å². The van der Waals surface area contributed by atoms with Gasteiger partial charge in [0.2, 0.25) is 0 Å². The summed E-state index contributed by atoms with van der Waals surface area (Å²) in [6, 6.07) is 9.40. The molecule has 1 heterocycles. The molecule has 17 heavy (non-hydrogen) atoms. The van der Waals surface area contributed by atoms with Crippen LogP contribution in [0.4, 0.5) is 10.2 Å². The summed E-state index contributed by atoms with van der Waals surface area (Å²) in [5.41, 5.74) is 9.40. The number of anilines is 1. The molecule has 1 atom stereocenters. The maximum atomic E-state index is 13.7. The van der Waals surface area contributed by atoms with Gasteiger partial charge in [0.15, 0.2) is 0 Å². The molecule has 5 N–H and O–H groups in total. The van der Waals surface area contributed by atoms with E-state index in [4.69, 9.17) is 11.6 Å². The van der Waals surface area contributed by atoms with Crippen LogP contribution in [-0.2, 0) is 0 Å². The molecule has 5 heteroatoms. The molecule has 0 saturated heterocycles. The Morgan fingerprint density at radius 2 is 1.82 bits per heavy atom. The van der Waals surface area contributed by atoms with Crippen LogP contribution in [0.15, 0.2) is 42.6 Å². The second-order valence-corrected chi connectivity index (χ2v) is 3.60. The summed E-state index contributed by atoms with van der Waals surface area (Å²) in [5, 5.41) is 0. The molecule has 0 aliphatic rings. The van der Waals surface area contributed by atoms with Crippen molar-refractivity contribution < 1.29 is 4.39 Å². The number of hydrogen-bond donors (Lipinski definition) is 3. The van der Waals surface area contributed by atoms with Gasteiger partial charge in [-0.15, -0.1) is 0 Å². The summed E-state index contributed by atoms with van der Waals surface area (Å²) >= 11 is 0. The van der Waals surface area contributed by atoms with E-state index < -0.39 is 6.04 Å². The first kappa shape index (κ1) is 11.5. The fourth-order valence-electron chi connectivity index (χ4n) is 1.73. The zero-order chi connectivity index (χ0) is 12.3. The second kappa shape index (κ2) is 4.90. The van der Waals surface area contributed by atoms with Crippen molar-refractivity contribution >= 4 is 5.82 Å². The van der Waals surface area contributed by atoms with Gasteiger partial charge in [0, 0.05) is 17.3 Å². The van der Waals surface area contributed by atoms with Gasteiger partial charge >= 0.3 is 0 Å². The van der Waals surface area contributed by atoms with Crippen LogP contribution < -0.4 is 17.0 Å². The van der Waals surface area contributed by atoms with Crippen LogP contribution >= 0.6 is 0 Å². The number of rotatable bonds is 3. The van der Waals surface area contributed by atoms with Crippen LogP contribution in [0.2, 0.25) is 0 Å². The smallest absolute Gasteiger partial charge is 0.128 e. The minimum atomic E-state index is -0.509. The lowest BCUT2D eigenvalue weighted by atomic mass is 9.99. The van der Waals surface area contributed by atoms with E-state index in [0.717, 1.165) is 0 Å². The van der Waals surface area contributed by atoms with Crippen molar-refractivity contribution in [1.29, 1.82) is 0 Å². The fraction of sp³-hybridized carbons (Fsp3) is 0.0833. The van der Waals surface area contributed by atoms with E-state index in [9.17, 15) is 4.39 Å². The molecule has 0 aliphatic carbocycles. The van der Waals surface area contributed by atoms with Crippen LogP contribution in [0, 0.1) is 5.82 Å². The van der Waals surface area contributed by atoms with E-state index in [2.05, 4.69) is 10.4 Å². The minimum absolute atomic E-state index is 0.332. The summed E-state index contributed by atoms with van der Waals surface area (Å²) < 4.78 is 13.7. The SMILES string of the molecule is NNC(c1ccccc1F)c1cccnc1N. The largest absolute Gasteiger partial charge is 0.383 e. The minimum Gasteiger partial charge on any atom is -0.383 e. The van der Waals surface area contributed by atoms with Crippen LogP contribution in [0.5, 0.6) is 0 Å². The third kappa shape index (κ3) is 2.25. The third-order valence-corrected chi connectivity index (χ3v) is 2.57. The van der Waals surface area contributed by atoms with E-state index in [1.165, 1.54) is 6.07 Å². The van der Waals surface area contributed by atoms with E-state index in [1.807, 2.05) is 0 Å². The highest BCUT2D eigenvalue weighted by Crippen LogP contribution is 2.26. The Labute approximate surface area is 98.4 Å². The molecule has 0 aliphatic heterocycles. The summed E-state index contributed by atoms with van der Waals surface area (Å²) in [7, 11) is 0. The third-order valence-electron chi connectivity index (χ3n) is 2.57. The van der Waals surface area contributed by atoms with Gasteiger partial charge in [-0.05, 0) is 12.1 Å². The Morgan fingerprint density at radius 3 is 2.47 bits per heavy atom. The number of nitrogens with one attached hydrogen (secondary N) is 1. The zero-order valence-corrected chi connectivity index (χ0v) is 9.10. The molecule has 2 rings (SSSR count). The van der Waals surface area contributed by atoms with Gasteiger partial charge in [-0.2, -0.15) is 0 Å². The molecule has 88 valence electrons. The predicted octanol–water partition coefficient (Wildman–Crippen LogP) is 1.36. The highest BCUT2D eigenvalue weighted by molar-refractivity contribution is 5.45. The van der Waals surface area contributed by atoms with Gasteiger partial charge in [-0.1, -0.05) is 24.3 Å². The lowest BCUT2D eigenvalue weighted by molar-refractivity contribution is 0.560. The maximum Gasteiger partial charge on any atom is 0.128 e. The molecule has 0 fully saturated rings. The number of benzene rings is 1. The number of nitrogen functional groups attached to an aromatic ring is 1. The molecular weight excluding hydrogens is 219 g/mol. The quantitative estimate of drug-likeness (QED) is 0.551. The lowest BCUT2D eigenvalue weighted by Gasteiger charge is -2.18. The Hall–Kier alpha value is -1.98. The number of halogens is 1. The van der Waals surface area contributed by atoms with E-state index in [1.54, 1.807) is 36.5 Å². The summed E-state index contributed by atoms with van der Waals surface area (Å²) in [6.45, 7) is 0. The number of nitrogens with two attached hydrogens (primary N) is 2. The number of hydrazine groups is 1. The van der Waals surface area contributed by atoms with Crippen molar-refractivity contribution in [2.75, 3.05) is 5.73 Å². The fourth-order valence-corrected chi connectivity index (χ4v) is 1.73. The number of hydrogen-bond acceptors (Lipinski definition) is 4. The molecule has 0 amide bonds. The Balaban J connectivity index is 2.48. The molecule has 1 aromatic carbocycles. The maximum absolute atomic E-state index is 13.7. The Morgan fingerprint density at radius 1 is 1.12 bits per heavy atom. The highest BCUT2D eigenvalue weighted by atomic mass is 19.1. The van der Waals surface area contributed by atoms with E-state index in [0.29, 0.717) is 16.9 Å². The second-order valence-electron chi connectivity index (χ2n) is 3.60. The molecule has 0 saturated carbocycles. The van der Waals surface area contributed by atoms with Crippen molar-refractivity contribution in [3.05, 3.63) is 59.5 Å². The van der Waals surface area contributed by atoms with Gasteiger partial charge in [-0.25, -0.2) is 14.8 Å². The first-order valence-corrected chi connectivity index (χ1v) is 5.15. The molecule has 0 bridgehead atoms. The normalized spacial score (nSPS) is 12.4. The summed E-state index contributed by atoms with van der Waals surface area (Å²) in [5.74, 6) is 5.47. The van der Waals surface area contributed by atoms with Crippen molar-refractivity contribution in [2.45, 2.75) is 6.04 Å². The standard InChI is InChI=1S/C12H13FN4/c13-10-6-2-1-4-8(10)11(17-15)9-5-3-7-16-12(9)14/h1-7,11,17H,15H2,(H2,14,16). The number of pyridine rings is 1. The van der Waals surface area contributed by atoms with Crippen molar-refractivity contribution in [3.63, 3.8) is 0 Å². The molecule has 0 radical (unpaired) electrons. The van der Waals surface area contributed by atoms with Gasteiger partial charge in [0.25, 0.3) is 0 Å². The van der Waals surface area contributed by atoms with E-state index in [-0.39, 0.29) is 5.82 Å². The first-order chi connectivity index (χ1) is 8.24. The highest BCUT2D eigenvalue weighted by Gasteiger charge is 2.18. The summed E-state index contributed by atoms with van der Waals surface area (Å²) in [4.78, 5) is 3.96. The average Bonchev–Trinajstić information content (AvgIpc) is 2.34. The monoisotopic (exact) mass is 232 g/mol. The number of nitrogens with zero attached hydrogens (tertiary/aromatic N) is 1. The Kier molecular flexibility index (Phi) is 3.32. The average molecular weight is 232 g/mol. The first-order valence-electron chi connectivity index (χ1n) is 5.15. The lowest BCUT2D eigenvalue weighted by Crippen LogP contribution is -2.30. The molecule has 4 nitrogen and oxygen atoms in total. The molecule has 0 spiro atoms. The van der Waals surface area contributed by atoms with E-state index >= 15 is 0 Å². The topological polar surface area (TPSA) is 77.0 Å². The van der Waals surface area contributed by atoms with Gasteiger partial charge < -0.3 is 5.73 Å². The molecule has 2 aromatic rings. The van der Waals surface area contributed by atoms with Crippen LogP contribution in [0.1, 0.15) is 17.2 Å². The molecule has 1 unspecified atom stereocenters. The summed E-state index contributed by atoms with van der Waals surface area (Å²) in [6.07, 6.45) is 1.58. The molecular formula is C12H13FN4. The van der Waals surface area contributed by atoms with Crippen LogP contribution in [0.25, 0.3) is 0 Å². The zero-order valence-electron chi connectivity index (χ0n) is 9.10. The van der Waals surface area contributed by atoms with Crippen molar-refractivity contribution in [3.8, 4) is 0 Å². The van der Waals surface area contributed by atoms with Crippen LogP contribution in [-0.4, -0.2) is 4.98 Å².